The number of amides is 2. The molecular formula is C47H52Cl4N2O6. The number of carboxylic acids is 2. The zero-order chi connectivity index (χ0) is 43.2. The molecule has 6 rings (SSSR count). The van der Waals surface area contributed by atoms with Crippen molar-refractivity contribution in [1.29, 1.82) is 0 Å². The molecule has 2 amide bonds. The normalized spacial score (nSPS) is 22.4. The summed E-state index contributed by atoms with van der Waals surface area (Å²) in [6.45, 7) is 9.50. The molecule has 2 aliphatic carbocycles. The van der Waals surface area contributed by atoms with Crippen LogP contribution in [0.3, 0.4) is 0 Å². The Morgan fingerprint density at radius 3 is 1.32 bits per heavy atom. The quantitative estimate of drug-likeness (QED) is 0.0997. The zero-order valence-corrected chi connectivity index (χ0v) is 36.9. The molecule has 0 bridgehead atoms. The van der Waals surface area contributed by atoms with E-state index in [0.717, 1.165) is 28.7 Å². The molecule has 59 heavy (non-hydrogen) atoms. The highest BCUT2D eigenvalue weighted by Gasteiger charge is 2.58. The fourth-order valence-electron chi connectivity index (χ4n) is 8.29. The molecule has 8 unspecified atom stereocenters. The van der Waals surface area contributed by atoms with Crippen molar-refractivity contribution in [1.82, 2.24) is 10.6 Å². The van der Waals surface area contributed by atoms with Crippen molar-refractivity contribution < 1.29 is 29.4 Å². The van der Waals surface area contributed by atoms with Crippen molar-refractivity contribution >= 4 is 70.2 Å². The van der Waals surface area contributed by atoms with Gasteiger partial charge in [-0.15, -0.1) is 0 Å². The molecule has 8 nitrogen and oxygen atoms in total. The molecule has 0 aliphatic heterocycles. The van der Waals surface area contributed by atoms with Crippen LogP contribution in [-0.2, 0) is 32.0 Å². The number of hydrogen-bond acceptors (Lipinski definition) is 4. The molecule has 2 aliphatic rings. The van der Waals surface area contributed by atoms with E-state index in [9.17, 15) is 24.3 Å². The predicted molar refractivity (Wildman–Crippen MR) is 235 cm³/mol. The Morgan fingerprint density at radius 1 is 0.610 bits per heavy atom. The van der Waals surface area contributed by atoms with Gasteiger partial charge in [-0.1, -0.05) is 109 Å². The first-order valence-corrected chi connectivity index (χ1v) is 21.4. The topological polar surface area (TPSA) is 133 Å². The Hall–Kier alpha value is -4.08. The molecule has 2 saturated carbocycles. The third-order valence-electron chi connectivity index (χ3n) is 12.7. The number of benzene rings is 4. The van der Waals surface area contributed by atoms with Gasteiger partial charge in [0, 0.05) is 49.9 Å². The first-order valence-electron chi connectivity index (χ1n) is 19.9. The van der Waals surface area contributed by atoms with E-state index in [1.807, 2.05) is 125 Å². The average Bonchev–Trinajstić information content (AvgIpc) is 3.96. The lowest BCUT2D eigenvalue weighted by Crippen LogP contribution is -2.48. The third-order valence-corrected chi connectivity index (χ3v) is 13.7. The van der Waals surface area contributed by atoms with Crippen LogP contribution in [0.2, 0.25) is 20.1 Å². The van der Waals surface area contributed by atoms with Crippen LogP contribution >= 0.6 is 46.4 Å². The predicted octanol–water partition coefficient (Wildman–Crippen LogP) is 10.9. The molecule has 8 atom stereocenters. The summed E-state index contributed by atoms with van der Waals surface area (Å²) in [5, 5.41) is 27.7. The molecule has 2 fully saturated rings. The molecule has 4 aromatic rings. The Labute approximate surface area is 367 Å². The average molecular weight is 883 g/mol. The summed E-state index contributed by atoms with van der Waals surface area (Å²) >= 11 is 24.1. The maximum absolute atomic E-state index is 13.3. The van der Waals surface area contributed by atoms with Crippen LogP contribution in [0.1, 0.15) is 88.0 Å². The Bertz CT molecular complexity index is 2090. The van der Waals surface area contributed by atoms with Gasteiger partial charge in [0.15, 0.2) is 0 Å². The van der Waals surface area contributed by atoms with Gasteiger partial charge in [-0.2, -0.15) is 0 Å². The number of halogens is 4. The maximum Gasteiger partial charge on any atom is 0.309 e. The van der Waals surface area contributed by atoms with Gasteiger partial charge in [0.1, 0.15) is 0 Å². The standard InChI is InChI=1S/C26H31Cl2NO3.C21H21Cl2NO3/c1-16(29-23(30)22-13-14-26(4,24(31)32)25(22,2)3)21(18-7-11-20(28)12-8-18)15-17-5-9-19(27)10-6-17;1-12(24-20(25)18-11-19(18)21(26)27)17(14-4-8-16(23)9-5-14)10-13-2-6-15(22)7-3-13/h5-12,16,21-22H,13-15H2,1-4H3,(H,29,30)(H,31,32);2-9,12,17-19H,10-11H2,1H3,(H,24,25)(H,26,27). The van der Waals surface area contributed by atoms with Crippen LogP contribution < -0.4 is 10.6 Å². The van der Waals surface area contributed by atoms with Crippen LogP contribution in [0, 0.1) is 28.6 Å². The lowest BCUT2D eigenvalue weighted by molar-refractivity contribution is -0.155. The summed E-state index contributed by atoms with van der Waals surface area (Å²) in [5.74, 6) is -3.30. The highest BCUT2D eigenvalue weighted by atomic mass is 35.5. The summed E-state index contributed by atoms with van der Waals surface area (Å²) in [4.78, 5) is 48.7. The molecule has 0 spiro atoms. The van der Waals surface area contributed by atoms with Crippen molar-refractivity contribution in [3.63, 3.8) is 0 Å². The first-order chi connectivity index (χ1) is 27.8. The molecule has 314 valence electrons. The van der Waals surface area contributed by atoms with Gasteiger partial charge in [0.05, 0.1) is 17.3 Å². The fraction of sp³-hybridized carbons (Fsp3) is 0.404. The van der Waals surface area contributed by atoms with Gasteiger partial charge in [-0.25, -0.2) is 0 Å². The summed E-state index contributed by atoms with van der Waals surface area (Å²) in [6, 6.07) is 30.3. The lowest BCUT2D eigenvalue weighted by Gasteiger charge is -2.38. The smallest absolute Gasteiger partial charge is 0.309 e. The lowest BCUT2D eigenvalue weighted by atomic mass is 9.65. The minimum absolute atomic E-state index is 0.0211. The number of aliphatic carboxylic acids is 2. The van der Waals surface area contributed by atoms with Crippen LogP contribution in [-0.4, -0.2) is 46.0 Å². The second-order valence-corrected chi connectivity index (χ2v) is 18.6. The highest BCUT2D eigenvalue weighted by molar-refractivity contribution is 6.31. The minimum atomic E-state index is -0.920. The van der Waals surface area contributed by atoms with Crippen LogP contribution in [0.4, 0.5) is 0 Å². The Kier molecular flexibility index (Phi) is 15.2. The summed E-state index contributed by atoms with van der Waals surface area (Å²) in [6.07, 6.45) is 2.91. The largest absolute Gasteiger partial charge is 0.481 e. The van der Waals surface area contributed by atoms with E-state index in [2.05, 4.69) is 10.6 Å². The van der Waals surface area contributed by atoms with E-state index in [0.29, 0.717) is 45.8 Å². The van der Waals surface area contributed by atoms with Gasteiger partial charge in [0.25, 0.3) is 0 Å². The molecule has 0 radical (unpaired) electrons. The Morgan fingerprint density at radius 2 is 0.983 bits per heavy atom. The first kappa shape index (κ1) is 46.0. The molecule has 4 aromatic carbocycles. The number of carboxylic acid groups (broad SMARTS) is 2. The SMILES string of the molecule is CC(NC(=O)C1CC1C(=O)O)C(Cc1ccc(Cl)cc1)c1ccc(Cl)cc1.CC(NC(=O)C1CCC(C)(C(=O)O)C1(C)C)C(Cc1ccc(Cl)cc1)c1ccc(Cl)cc1. The molecule has 0 saturated heterocycles. The maximum atomic E-state index is 13.3. The van der Waals surface area contributed by atoms with E-state index in [1.165, 1.54) is 0 Å². The van der Waals surface area contributed by atoms with Crippen LogP contribution in [0.5, 0.6) is 0 Å². The summed E-state index contributed by atoms with van der Waals surface area (Å²) < 4.78 is 0. The number of rotatable bonds is 14. The van der Waals surface area contributed by atoms with E-state index in [-0.39, 0.29) is 41.7 Å². The number of carbonyl (C=O) groups excluding carboxylic acids is 2. The van der Waals surface area contributed by atoms with Gasteiger partial charge < -0.3 is 20.8 Å². The second kappa shape index (κ2) is 19.5. The number of carbonyl (C=O) groups is 4. The Balaban J connectivity index is 0.000000227. The molecule has 4 N–H and O–H groups in total. The molecule has 0 aromatic heterocycles. The van der Waals surface area contributed by atoms with Crippen molar-refractivity contribution in [3.05, 3.63) is 139 Å². The van der Waals surface area contributed by atoms with Gasteiger partial charge in [-0.3, -0.25) is 19.2 Å². The van der Waals surface area contributed by atoms with Crippen molar-refractivity contribution in [3.8, 4) is 0 Å². The van der Waals surface area contributed by atoms with Crippen LogP contribution in [0.15, 0.2) is 97.1 Å². The monoisotopic (exact) mass is 880 g/mol. The van der Waals surface area contributed by atoms with E-state index < -0.39 is 34.6 Å². The molecule has 0 heterocycles. The van der Waals surface area contributed by atoms with Crippen LogP contribution in [0.25, 0.3) is 0 Å². The zero-order valence-electron chi connectivity index (χ0n) is 33.9. The number of hydrogen-bond donors (Lipinski definition) is 4. The van der Waals surface area contributed by atoms with E-state index >= 15 is 0 Å². The van der Waals surface area contributed by atoms with E-state index in [1.54, 1.807) is 6.92 Å². The third kappa shape index (κ3) is 11.4. The van der Waals surface area contributed by atoms with Gasteiger partial charge in [-0.05, 0) is 129 Å². The fourth-order valence-corrected chi connectivity index (χ4v) is 8.80. The van der Waals surface area contributed by atoms with Gasteiger partial charge >= 0.3 is 11.9 Å². The van der Waals surface area contributed by atoms with Gasteiger partial charge in [0.2, 0.25) is 11.8 Å². The minimum Gasteiger partial charge on any atom is -0.481 e. The molecule has 12 heteroatoms. The van der Waals surface area contributed by atoms with E-state index in [4.69, 9.17) is 51.5 Å². The van der Waals surface area contributed by atoms with Crippen molar-refractivity contribution in [2.24, 2.45) is 28.6 Å². The molecular weight excluding hydrogens is 830 g/mol. The summed E-state index contributed by atoms with van der Waals surface area (Å²) in [7, 11) is 0. The second-order valence-electron chi connectivity index (χ2n) is 16.8. The highest BCUT2D eigenvalue weighted by Crippen LogP contribution is 2.56. The van der Waals surface area contributed by atoms with Crippen molar-refractivity contribution in [2.75, 3.05) is 0 Å². The van der Waals surface area contributed by atoms with Crippen molar-refractivity contribution in [2.45, 2.75) is 90.6 Å². The summed E-state index contributed by atoms with van der Waals surface area (Å²) in [5.41, 5.74) is 2.81. The number of nitrogens with one attached hydrogen (secondary N) is 2.